The van der Waals surface area contributed by atoms with E-state index in [9.17, 15) is 27.9 Å². The number of nitrogens with zero attached hydrogens (tertiary/aromatic N) is 2. The number of pyridine rings is 1. The third-order valence-corrected chi connectivity index (χ3v) is 6.51. The van der Waals surface area contributed by atoms with Crippen molar-refractivity contribution in [3.8, 4) is 5.75 Å². The molecule has 2 aromatic carbocycles. The molecule has 0 saturated carbocycles. The lowest BCUT2D eigenvalue weighted by Gasteiger charge is -2.26. The highest BCUT2D eigenvalue weighted by Crippen LogP contribution is 2.42. The van der Waals surface area contributed by atoms with E-state index in [2.05, 4.69) is 4.98 Å². The van der Waals surface area contributed by atoms with Gasteiger partial charge in [-0.1, -0.05) is 39.0 Å². The summed E-state index contributed by atoms with van der Waals surface area (Å²) in [4.78, 5) is 31.9. The zero-order valence-corrected chi connectivity index (χ0v) is 22.0. The topological polar surface area (TPSA) is 79.7 Å². The fourth-order valence-electron chi connectivity index (χ4n) is 4.67. The maximum absolute atomic E-state index is 13.3. The summed E-state index contributed by atoms with van der Waals surface area (Å²) in [6, 6.07) is 11.8. The molecule has 1 aliphatic rings. The van der Waals surface area contributed by atoms with Crippen LogP contribution in [0.1, 0.15) is 61.6 Å². The normalized spacial score (nSPS) is 17.5. The van der Waals surface area contributed by atoms with Gasteiger partial charge >= 0.3 is 6.18 Å². The maximum atomic E-state index is 13.3. The molecule has 1 unspecified atom stereocenters. The zero-order valence-electron chi connectivity index (χ0n) is 22.0. The number of ether oxygens (including phenoxy) is 1. The third-order valence-electron chi connectivity index (χ3n) is 6.51. The number of likely N-dealkylation sites (tertiary alicyclic amines) is 1. The zero-order chi connectivity index (χ0) is 28.5. The number of rotatable bonds is 6. The number of aromatic nitrogens is 1. The van der Waals surface area contributed by atoms with Gasteiger partial charge in [0.25, 0.3) is 11.7 Å². The molecule has 0 aliphatic carbocycles. The van der Waals surface area contributed by atoms with Gasteiger partial charge < -0.3 is 14.7 Å². The Morgan fingerprint density at radius 1 is 1.05 bits per heavy atom. The van der Waals surface area contributed by atoms with Gasteiger partial charge in [-0.05, 0) is 59.9 Å². The number of aliphatic hydroxyl groups is 1. The van der Waals surface area contributed by atoms with Crippen molar-refractivity contribution in [1.82, 2.24) is 9.88 Å². The Balaban J connectivity index is 1.85. The Kier molecular flexibility index (Phi) is 7.54. The maximum Gasteiger partial charge on any atom is 0.416 e. The molecule has 1 aromatic heterocycles. The SMILES string of the molecule is CCOc1ccc(/C(O)=C2\C(=O)C(=O)N(Cc3cccc(C(F)(F)F)c3)C2c2cccnc2)cc1C(C)(C)C. The van der Waals surface area contributed by atoms with Crippen molar-refractivity contribution in [3.63, 3.8) is 0 Å². The second-order valence-electron chi connectivity index (χ2n) is 10.3. The first-order chi connectivity index (χ1) is 18.3. The van der Waals surface area contributed by atoms with Crippen molar-refractivity contribution >= 4 is 17.4 Å². The van der Waals surface area contributed by atoms with Gasteiger partial charge in [-0.25, -0.2) is 0 Å². The number of aliphatic hydroxyl groups excluding tert-OH is 1. The Labute approximate surface area is 224 Å². The first-order valence-corrected chi connectivity index (χ1v) is 12.4. The van der Waals surface area contributed by atoms with Gasteiger partial charge in [0.1, 0.15) is 11.5 Å². The summed E-state index contributed by atoms with van der Waals surface area (Å²) < 4.78 is 45.7. The van der Waals surface area contributed by atoms with Crippen LogP contribution in [0, 0.1) is 0 Å². The van der Waals surface area contributed by atoms with Crippen molar-refractivity contribution in [2.24, 2.45) is 0 Å². The van der Waals surface area contributed by atoms with E-state index < -0.39 is 29.5 Å². The fourth-order valence-corrected chi connectivity index (χ4v) is 4.67. The van der Waals surface area contributed by atoms with E-state index in [1.54, 1.807) is 30.3 Å². The number of hydrogen-bond donors (Lipinski definition) is 1. The molecule has 4 rings (SSSR count). The molecule has 39 heavy (non-hydrogen) atoms. The highest BCUT2D eigenvalue weighted by Gasteiger charge is 2.46. The van der Waals surface area contributed by atoms with Gasteiger partial charge in [-0.15, -0.1) is 0 Å². The molecule has 1 saturated heterocycles. The standard InChI is InChI=1S/C30H29F3N2O4/c1-5-39-23-12-11-19(15-22(23)29(2,3)4)26(36)24-25(20-9-7-13-34-16-20)35(28(38)27(24)37)17-18-8-6-10-21(14-18)30(31,32)33/h6-16,25,36H,5,17H2,1-4H3/b26-24+. The van der Waals surface area contributed by atoms with Crippen LogP contribution >= 0.6 is 0 Å². The molecule has 2 heterocycles. The summed E-state index contributed by atoms with van der Waals surface area (Å²) in [5.41, 5.74) is 0.351. The number of alkyl halides is 3. The van der Waals surface area contributed by atoms with Crippen molar-refractivity contribution in [2.45, 2.75) is 51.9 Å². The number of halogens is 3. The quantitative estimate of drug-likeness (QED) is 0.223. The Hall–Kier alpha value is -4.14. The molecular weight excluding hydrogens is 509 g/mol. The summed E-state index contributed by atoms with van der Waals surface area (Å²) in [5.74, 6) is -1.61. The van der Waals surface area contributed by atoms with Crippen LogP contribution in [0.5, 0.6) is 5.75 Å². The molecule has 3 aromatic rings. The van der Waals surface area contributed by atoms with E-state index in [1.165, 1.54) is 29.4 Å². The Bertz CT molecular complexity index is 1430. The molecule has 1 amide bonds. The lowest BCUT2D eigenvalue weighted by atomic mass is 9.84. The molecule has 0 bridgehead atoms. The lowest BCUT2D eigenvalue weighted by molar-refractivity contribution is -0.140. The van der Waals surface area contributed by atoms with E-state index in [0.717, 1.165) is 17.7 Å². The molecule has 204 valence electrons. The van der Waals surface area contributed by atoms with Gasteiger partial charge in [0.15, 0.2) is 0 Å². The summed E-state index contributed by atoms with van der Waals surface area (Å²) in [5, 5.41) is 11.5. The lowest BCUT2D eigenvalue weighted by Crippen LogP contribution is -2.29. The van der Waals surface area contributed by atoms with Crippen LogP contribution in [0.4, 0.5) is 13.2 Å². The average Bonchev–Trinajstić information content (AvgIpc) is 3.13. The molecule has 1 atom stereocenters. The van der Waals surface area contributed by atoms with E-state index in [1.807, 2.05) is 27.7 Å². The number of benzene rings is 2. The number of ketones is 1. The minimum atomic E-state index is -4.56. The van der Waals surface area contributed by atoms with Gasteiger partial charge in [-0.3, -0.25) is 14.6 Å². The van der Waals surface area contributed by atoms with Gasteiger partial charge in [0, 0.05) is 30.1 Å². The van der Waals surface area contributed by atoms with E-state index in [-0.39, 0.29) is 28.9 Å². The monoisotopic (exact) mass is 538 g/mol. The summed E-state index contributed by atoms with van der Waals surface area (Å²) in [6.07, 6.45) is -1.59. The predicted octanol–water partition coefficient (Wildman–Crippen LogP) is 6.42. The average molecular weight is 539 g/mol. The highest BCUT2D eigenvalue weighted by atomic mass is 19.4. The van der Waals surface area contributed by atoms with E-state index >= 15 is 0 Å². The summed E-state index contributed by atoms with van der Waals surface area (Å²) in [7, 11) is 0. The van der Waals surface area contributed by atoms with E-state index in [4.69, 9.17) is 4.74 Å². The van der Waals surface area contributed by atoms with Crippen molar-refractivity contribution in [1.29, 1.82) is 0 Å². The largest absolute Gasteiger partial charge is 0.507 e. The van der Waals surface area contributed by atoms with Gasteiger partial charge in [0.2, 0.25) is 0 Å². The van der Waals surface area contributed by atoms with Gasteiger partial charge in [-0.2, -0.15) is 13.2 Å². The number of carbonyl (C=O) groups is 2. The molecule has 6 nitrogen and oxygen atoms in total. The van der Waals surface area contributed by atoms with E-state index in [0.29, 0.717) is 23.5 Å². The minimum Gasteiger partial charge on any atom is -0.507 e. The molecule has 1 fully saturated rings. The number of hydrogen-bond acceptors (Lipinski definition) is 5. The van der Waals surface area contributed by atoms with Gasteiger partial charge in [0.05, 0.1) is 23.8 Å². The third kappa shape index (κ3) is 5.67. The summed E-state index contributed by atoms with van der Waals surface area (Å²) >= 11 is 0. The molecule has 1 aliphatic heterocycles. The number of Topliss-reactive ketones (excluding diaryl/α,β-unsaturated/α-hetero) is 1. The summed E-state index contributed by atoms with van der Waals surface area (Å²) in [6.45, 7) is 7.98. The van der Waals surface area contributed by atoms with Crippen LogP contribution in [0.3, 0.4) is 0 Å². The van der Waals surface area contributed by atoms with Crippen LogP contribution in [0.15, 0.2) is 72.6 Å². The first-order valence-electron chi connectivity index (χ1n) is 12.4. The molecule has 0 spiro atoms. The molecule has 1 N–H and O–H groups in total. The Morgan fingerprint density at radius 2 is 1.79 bits per heavy atom. The Morgan fingerprint density at radius 3 is 2.41 bits per heavy atom. The second-order valence-corrected chi connectivity index (χ2v) is 10.3. The number of carbonyl (C=O) groups excluding carboxylic acids is 2. The van der Waals surface area contributed by atoms with Crippen molar-refractivity contribution < 1.29 is 32.6 Å². The van der Waals surface area contributed by atoms with Crippen molar-refractivity contribution in [3.05, 3.63) is 100 Å². The highest BCUT2D eigenvalue weighted by molar-refractivity contribution is 6.46. The van der Waals surface area contributed by atoms with Crippen LogP contribution in [0.25, 0.3) is 5.76 Å². The number of amides is 1. The second kappa shape index (κ2) is 10.6. The van der Waals surface area contributed by atoms with Crippen LogP contribution < -0.4 is 4.74 Å². The van der Waals surface area contributed by atoms with Crippen LogP contribution in [-0.2, 0) is 27.7 Å². The first kappa shape index (κ1) is 27.9. The smallest absolute Gasteiger partial charge is 0.416 e. The fraction of sp³-hybridized carbons (Fsp3) is 0.300. The molecule has 0 radical (unpaired) electrons. The van der Waals surface area contributed by atoms with Crippen LogP contribution in [0.2, 0.25) is 0 Å². The molecule has 9 heteroatoms. The van der Waals surface area contributed by atoms with Crippen LogP contribution in [-0.4, -0.2) is 33.3 Å². The van der Waals surface area contributed by atoms with Crippen molar-refractivity contribution in [2.75, 3.05) is 6.61 Å². The minimum absolute atomic E-state index is 0.163. The predicted molar refractivity (Wildman–Crippen MR) is 140 cm³/mol. The molecular formula is C30H29F3N2O4.